The van der Waals surface area contributed by atoms with Crippen molar-refractivity contribution in [3.63, 3.8) is 0 Å². The van der Waals surface area contributed by atoms with Crippen molar-refractivity contribution >= 4 is 38.9 Å². The van der Waals surface area contributed by atoms with Crippen LogP contribution in [0.15, 0.2) is 36.4 Å². The van der Waals surface area contributed by atoms with Crippen molar-refractivity contribution in [2.24, 2.45) is 0 Å². The molecule has 0 aliphatic heterocycles. The molecule has 124 valence electrons. The number of benzene rings is 1. The van der Waals surface area contributed by atoms with E-state index in [2.05, 4.69) is 31.3 Å². The van der Waals surface area contributed by atoms with E-state index in [0.29, 0.717) is 0 Å². The van der Waals surface area contributed by atoms with Crippen LogP contribution in [0, 0.1) is 0 Å². The Morgan fingerprint density at radius 2 is 1.59 bits per heavy atom. The van der Waals surface area contributed by atoms with E-state index in [9.17, 15) is 0 Å². The minimum absolute atomic E-state index is 0.250. The molecular formula is C16H25Cl2NOSiTi-2. The molecule has 0 heterocycles. The zero-order valence-corrected chi connectivity index (χ0v) is 18.2. The molecule has 6 heteroatoms. The Hall–Kier alpha value is 0.101. The molecule has 2 aromatic carbocycles. The van der Waals surface area contributed by atoms with Crippen LogP contribution >= 0.6 is 18.6 Å². The fourth-order valence-electron chi connectivity index (χ4n) is 1.30. The number of ether oxygens (including phenoxy) is 1. The molecule has 0 unspecified atom stereocenters. The molecule has 0 bridgehead atoms. The molecule has 0 fully saturated rings. The standard InChI is InChI=1S/C10H9O.C4H10N.C2H6Si.2ClH.Ti/c1-11-10-7-6-8-4-2-3-5-9(8)10;1-4(2,3)5;1-3-2;;;/h2-7H,1H3;5H,1-3H3;1-2H3;2*1H;/q2*-1;;;;+2/p-2. The molecule has 0 aliphatic rings. The van der Waals surface area contributed by atoms with Crippen molar-refractivity contribution in [1.82, 2.24) is 0 Å². The maximum atomic E-state index is 6.94. The van der Waals surface area contributed by atoms with Crippen LogP contribution in [-0.2, 0) is 17.0 Å². The SMILES string of the molecule is CC(C)(C)[NH-].COc1c[cH-]c2ccccc12.C[Si]C.[Cl][Ti][Cl]. The van der Waals surface area contributed by atoms with Gasteiger partial charge in [0.05, 0.1) is 7.11 Å². The van der Waals surface area contributed by atoms with Gasteiger partial charge >= 0.3 is 35.6 Å². The van der Waals surface area contributed by atoms with Gasteiger partial charge in [-0.1, -0.05) is 45.3 Å². The van der Waals surface area contributed by atoms with E-state index in [1.807, 2.05) is 39.0 Å². The number of rotatable bonds is 1. The van der Waals surface area contributed by atoms with Gasteiger partial charge in [-0.3, -0.25) is 0 Å². The average molecular weight is 394 g/mol. The van der Waals surface area contributed by atoms with Gasteiger partial charge in [0, 0.05) is 15.3 Å². The number of fused-ring (bicyclic) bond motifs is 1. The molecule has 0 saturated carbocycles. The summed E-state index contributed by atoms with van der Waals surface area (Å²) in [6, 6.07) is 12.2. The molecule has 22 heavy (non-hydrogen) atoms. The fourth-order valence-corrected chi connectivity index (χ4v) is 1.30. The van der Waals surface area contributed by atoms with Gasteiger partial charge in [-0.2, -0.15) is 0 Å². The van der Waals surface area contributed by atoms with Crippen LogP contribution < -0.4 is 4.74 Å². The number of halogens is 2. The van der Waals surface area contributed by atoms with E-state index < -0.39 is 17.0 Å². The Labute approximate surface area is 154 Å². The van der Waals surface area contributed by atoms with Crippen LogP contribution in [-0.4, -0.2) is 22.2 Å². The second-order valence-corrected chi connectivity index (χ2v) is 8.89. The molecule has 0 aromatic heterocycles. The van der Waals surface area contributed by atoms with Crippen molar-refractivity contribution in [3.8, 4) is 5.75 Å². The summed E-state index contributed by atoms with van der Waals surface area (Å²) in [5.41, 5.74) is 6.69. The van der Waals surface area contributed by atoms with E-state index >= 15 is 0 Å². The third-order valence-electron chi connectivity index (χ3n) is 1.86. The van der Waals surface area contributed by atoms with Crippen molar-refractivity contribution in [2.45, 2.75) is 39.4 Å². The molecule has 0 saturated heterocycles. The molecule has 2 radical (unpaired) electrons. The zero-order valence-electron chi connectivity index (χ0n) is 14.1. The Morgan fingerprint density at radius 3 is 2.00 bits per heavy atom. The summed E-state index contributed by atoms with van der Waals surface area (Å²) in [6.45, 7) is 9.87. The first kappa shape index (κ1) is 24.4. The third kappa shape index (κ3) is 15.0. The molecule has 2 aromatic rings. The van der Waals surface area contributed by atoms with Gasteiger partial charge < -0.3 is 10.5 Å². The Bertz CT molecular complexity index is 478. The quantitative estimate of drug-likeness (QED) is 0.398. The van der Waals surface area contributed by atoms with Crippen LogP contribution in [0.4, 0.5) is 0 Å². The number of methoxy groups -OCH3 is 1. The Kier molecular flexibility index (Phi) is 16.2. The summed E-state index contributed by atoms with van der Waals surface area (Å²) in [7, 11) is 12.6. The summed E-state index contributed by atoms with van der Waals surface area (Å²) < 4.78 is 5.17. The van der Waals surface area contributed by atoms with E-state index in [1.165, 1.54) is 10.8 Å². The monoisotopic (exact) mass is 393 g/mol. The van der Waals surface area contributed by atoms with Gasteiger partial charge in [0.15, 0.2) is 0 Å². The van der Waals surface area contributed by atoms with E-state index in [1.54, 1.807) is 7.11 Å². The molecular weight excluding hydrogens is 369 g/mol. The maximum absolute atomic E-state index is 6.94. The predicted octanol–water partition coefficient (Wildman–Crippen LogP) is 6.57. The molecule has 0 aliphatic carbocycles. The van der Waals surface area contributed by atoms with Crippen molar-refractivity contribution in [1.29, 1.82) is 0 Å². The first-order valence-electron chi connectivity index (χ1n) is 6.73. The van der Waals surface area contributed by atoms with Gasteiger partial charge in [-0.05, 0) is 0 Å². The molecule has 0 spiro atoms. The summed E-state index contributed by atoms with van der Waals surface area (Å²) in [5.74, 6) is 0.959. The van der Waals surface area contributed by atoms with E-state index in [0.717, 1.165) is 15.3 Å². The van der Waals surface area contributed by atoms with Crippen LogP contribution in [0.5, 0.6) is 5.75 Å². The molecule has 1 N–H and O–H groups in total. The molecule has 0 amide bonds. The van der Waals surface area contributed by atoms with E-state index in [-0.39, 0.29) is 5.54 Å². The van der Waals surface area contributed by atoms with Crippen molar-refractivity contribution < 1.29 is 21.8 Å². The third-order valence-corrected chi connectivity index (χ3v) is 1.86. The fraction of sp³-hybridized carbons (Fsp3) is 0.438. The van der Waals surface area contributed by atoms with Crippen LogP contribution in [0.25, 0.3) is 16.5 Å². The first-order chi connectivity index (χ1) is 10.2. The average Bonchev–Trinajstić information content (AvgIpc) is 2.81. The second kappa shape index (κ2) is 14.7. The van der Waals surface area contributed by atoms with Crippen LogP contribution in [0.1, 0.15) is 20.8 Å². The van der Waals surface area contributed by atoms with Gasteiger partial charge in [-0.15, -0.1) is 41.3 Å². The van der Waals surface area contributed by atoms with Gasteiger partial charge in [0.2, 0.25) is 0 Å². The van der Waals surface area contributed by atoms with Crippen molar-refractivity contribution in [2.75, 3.05) is 7.11 Å². The summed E-state index contributed by atoms with van der Waals surface area (Å²) in [6.07, 6.45) is 0. The summed E-state index contributed by atoms with van der Waals surface area (Å²) in [5, 5.41) is 2.43. The summed E-state index contributed by atoms with van der Waals surface area (Å²) >= 11 is -0.556. The Morgan fingerprint density at radius 1 is 1.18 bits per heavy atom. The van der Waals surface area contributed by atoms with Gasteiger partial charge in [0.1, 0.15) is 0 Å². The minimum atomic E-state index is -0.556. The zero-order chi connectivity index (χ0) is 17.6. The molecule has 2 nitrogen and oxygen atoms in total. The topological polar surface area (TPSA) is 33.0 Å². The number of hydrogen-bond donors (Lipinski definition) is 0. The second-order valence-electron chi connectivity index (χ2n) is 5.31. The van der Waals surface area contributed by atoms with Gasteiger partial charge in [-0.25, -0.2) is 0 Å². The van der Waals surface area contributed by atoms with Crippen LogP contribution in [0.3, 0.4) is 0 Å². The Balaban J connectivity index is 0. The van der Waals surface area contributed by atoms with Crippen LogP contribution in [0.2, 0.25) is 13.1 Å². The summed E-state index contributed by atoms with van der Waals surface area (Å²) in [4.78, 5) is 0. The van der Waals surface area contributed by atoms with Gasteiger partial charge in [0.25, 0.3) is 0 Å². The molecule has 2 rings (SSSR count). The molecule has 0 atom stereocenters. The predicted molar refractivity (Wildman–Crippen MR) is 99.4 cm³/mol. The van der Waals surface area contributed by atoms with E-state index in [4.69, 9.17) is 29.1 Å². The van der Waals surface area contributed by atoms with Crippen molar-refractivity contribution in [3.05, 3.63) is 42.1 Å². The number of hydrogen-bond acceptors (Lipinski definition) is 1. The normalized spacial score (nSPS) is 9.32. The first-order valence-corrected chi connectivity index (χ1v) is 13.0. The number of nitrogens with one attached hydrogen (secondary N) is 1.